The van der Waals surface area contributed by atoms with Gasteiger partial charge in [0, 0.05) is 23.2 Å². The van der Waals surface area contributed by atoms with Crippen LogP contribution in [0, 0.1) is 11.3 Å². The lowest BCUT2D eigenvalue weighted by Gasteiger charge is -2.24. The van der Waals surface area contributed by atoms with E-state index in [1.165, 1.54) is 26.7 Å². The van der Waals surface area contributed by atoms with Crippen LogP contribution in [0.1, 0.15) is 33.0 Å². The number of ether oxygens (including phenoxy) is 3. The molecule has 0 fully saturated rings. The number of rotatable bonds is 6. The van der Waals surface area contributed by atoms with E-state index >= 15 is 0 Å². The Morgan fingerprint density at radius 3 is 2.79 bits per heavy atom. The topological polar surface area (TPSA) is 88.9 Å². The monoisotopic (exact) mass is 412 g/mol. The summed E-state index contributed by atoms with van der Waals surface area (Å²) in [6, 6.07) is 9.08. The second-order valence-corrected chi connectivity index (χ2v) is 7.91. The molecule has 1 aromatic carbocycles. The molecule has 1 aliphatic heterocycles. The van der Waals surface area contributed by atoms with Crippen LogP contribution in [0.4, 0.5) is 5.69 Å². The number of fused-ring (bicyclic) bond motifs is 2. The number of amides is 1. The van der Waals surface area contributed by atoms with Gasteiger partial charge in [-0.15, -0.1) is 11.3 Å². The molecule has 4 rings (SSSR count). The second kappa shape index (κ2) is 8.53. The predicted octanol–water partition coefficient (Wildman–Crippen LogP) is 3.11. The van der Waals surface area contributed by atoms with Crippen LogP contribution in [0.25, 0.3) is 0 Å². The van der Waals surface area contributed by atoms with E-state index in [-0.39, 0.29) is 19.6 Å². The standard InChI is InChI=1S/C21H20N2O5S/c22-7-2-8-23(15-5-6-16-17(12-15)27-10-9-26-16)20(24)13-28-21(25)19-11-14-3-1-4-18(14)29-19/h5-6,11-12H,1-4,8-10,13H2. The number of thiophene rings is 1. The third kappa shape index (κ3) is 4.20. The normalized spacial score (nSPS) is 14.0. The fraction of sp³-hybridized carbons (Fsp3) is 0.381. The molecule has 0 unspecified atom stereocenters. The van der Waals surface area contributed by atoms with Gasteiger partial charge in [0.25, 0.3) is 5.91 Å². The molecule has 29 heavy (non-hydrogen) atoms. The summed E-state index contributed by atoms with van der Waals surface area (Å²) >= 11 is 1.44. The summed E-state index contributed by atoms with van der Waals surface area (Å²) in [6.45, 7) is 0.720. The van der Waals surface area contributed by atoms with Crippen LogP contribution >= 0.6 is 11.3 Å². The molecular formula is C21H20N2O5S. The zero-order valence-corrected chi connectivity index (χ0v) is 16.6. The van der Waals surface area contributed by atoms with Gasteiger partial charge in [0.05, 0.1) is 12.5 Å². The molecule has 0 radical (unpaired) electrons. The van der Waals surface area contributed by atoms with Gasteiger partial charge < -0.3 is 19.1 Å². The number of hydrogen-bond acceptors (Lipinski definition) is 7. The Hall–Kier alpha value is -3.05. The van der Waals surface area contributed by atoms with Crippen molar-refractivity contribution in [3.05, 3.63) is 39.6 Å². The third-order valence-electron chi connectivity index (χ3n) is 4.86. The van der Waals surface area contributed by atoms with Gasteiger partial charge in [-0.3, -0.25) is 4.79 Å². The summed E-state index contributed by atoms with van der Waals surface area (Å²) in [6.07, 6.45) is 3.27. The molecule has 0 spiro atoms. The predicted molar refractivity (Wildman–Crippen MR) is 107 cm³/mol. The molecule has 2 aromatic rings. The molecule has 0 atom stereocenters. The summed E-state index contributed by atoms with van der Waals surface area (Å²) in [5.74, 6) is 0.285. The Bertz CT molecular complexity index is 956. The molecular weight excluding hydrogens is 392 g/mol. The average Bonchev–Trinajstić information content (AvgIpc) is 3.34. The Kier molecular flexibility index (Phi) is 5.67. The lowest BCUT2D eigenvalue weighted by Crippen LogP contribution is -2.35. The molecule has 150 valence electrons. The molecule has 8 heteroatoms. The Morgan fingerprint density at radius 2 is 2.00 bits per heavy atom. The maximum absolute atomic E-state index is 12.8. The van der Waals surface area contributed by atoms with Gasteiger partial charge in [0.2, 0.25) is 0 Å². The number of benzene rings is 1. The maximum Gasteiger partial charge on any atom is 0.348 e. The van der Waals surface area contributed by atoms with Crippen molar-refractivity contribution in [2.45, 2.75) is 25.7 Å². The Balaban J connectivity index is 1.44. The first-order valence-electron chi connectivity index (χ1n) is 9.51. The molecule has 0 bridgehead atoms. The highest BCUT2D eigenvalue weighted by Gasteiger charge is 2.23. The van der Waals surface area contributed by atoms with Crippen molar-refractivity contribution in [3.63, 3.8) is 0 Å². The largest absolute Gasteiger partial charge is 0.486 e. The SMILES string of the molecule is N#CCCN(C(=O)COC(=O)c1cc2c(s1)CCC2)c1ccc2c(c1)OCCO2. The zero-order chi connectivity index (χ0) is 20.2. The van der Waals surface area contributed by atoms with Gasteiger partial charge in [-0.2, -0.15) is 5.26 Å². The molecule has 0 N–H and O–H groups in total. The highest BCUT2D eigenvalue weighted by Crippen LogP contribution is 2.34. The summed E-state index contributed by atoms with van der Waals surface area (Å²) in [4.78, 5) is 28.3. The number of nitriles is 1. The fourth-order valence-electron chi connectivity index (χ4n) is 3.47. The summed E-state index contributed by atoms with van der Waals surface area (Å²) < 4.78 is 16.3. The number of hydrogen-bond donors (Lipinski definition) is 0. The Labute approximate surface area is 172 Å². The first-order valence-corrected chi connectivity index (χ1v) is 10.3. The number of aryl methyl sites for hydroxylation is 2. The summed E-state index contributed by atoms with van der Waals surface area (Å²) in [7, 11) is 0. The van der Waals surface area contributed by atoms with Gasteiger partial charge >= 0.3 is 5.97 Å². The molecule has 0 saturated heterocycles. The maximum atomic E-state index is 12.8. The quantitative estimate of drug-likeness (QED) is 0.678. The minimum atomic E-state index is -0.486. The first-order chi connectivity index (χ1) is 14.2. The van der Waals surface area contributed by atoms with E-state index in [0.717, 1.165) is 19.3 Å². The van der Waals surface area contributed by atoms with Gasteiger partial charge in [-0.05, 0) is 43.0 Å². The minimum Gasteiger partial charge on any atom is -0.486 e. The lowest BCUT2D eigenvalue weighted by molar-refractivity contribution is -0.121. The van der Waals surface area contributed by atoms with Gasteiger partial charge in [0.1, 0.15) is 18.1 Å². The number of carbonyl (C=O) groups excluding carboxylic acids is 2. The fourth-order valence-corrected chi connectivity index (χ4v) is 4.61. The van der Waals surface area contributed by atoms with Crippen LogP contribution in [0.3, 0.4) is 0 Å². The molecule has 2 heterocycles. The van der Waals surface area contributed by atoms with E-state index in [1.807, 2.05) is 12.1 Å². The van der Waals surface area contributed by atoms with E-state index in [4.69, 9.17) is 19.5 Å². The van der Waals surface area contributed by atoms with E-state index < -0.39 is 11.9 Å². The molecule has 0 saturated carbocycles. The van der Waals surface area contributed by atoms with Crippen LogP contribution in [0.2, 0.25) is 0 Å². The minimum absolute atomic E-state index is 0.159. The van der Waals surface area contributed by atoms with Crippen molar-refractivity contribution in [1.29, 1.82) is 5.26 Å². The number of anilines is 1. The van der Waals surface area contributed by atoms with E-state index in [9.17, 15) is 9.59 Å². The summed E-state index contributed by atoms with van der Waals surface area (Å²) in [5.41, 5.74) is 1.78. The van der Waals surface area contributed by atoms with E-state index in [0.29, 0.717) is 35.3 Å². The zero-order valence-electron chi connectivity index (χ0n) is 15.8. The average molecular weight is 412 g/mol. The Morgan fingerprint density at radius 1 is 1.17 bits per heavy atom. The highest BCUT2D eigenvalue weighted by molar-refractivity contribution is 7.14. The van der Waals surface area contributed by atoms with Crippen molar-refractivity contribution in [3.8, 4) is 17.6 Å². The van der Waals surface area contributed by atoms with Crippen molar-refractivity contribution in [1.82, 2.24) is 0 Å². The molecule has 1 aliphatic carbocycles. The number of esters is 1. The third-order valence-corrected chi connectivity index (χ3v) is 6.08. The molecule has 1 aromatic heterocycles. The van der Waals surface area contributed by atoms with Crippen molar-refractivity contribution < 1.29 is 23.8 Å². The molecule has 7 nitrogen and oxygen atoms in total. The number of carbonyl (C=O) groups is 2. The molecule has 1 amide bonds. The first kappa shape index (κ1) is 19.3. The van der Waals surface area contributed by atoms with Gasteiger partial charge in [-0.25, -0.2) is 4.79 Å². The van der Waals surface area contributed by atoms with Crippen molar-refractivity contribution >= 4 is 28.9 Å². The summed E-state index contributed by atoms with van der Waals surface area (Å²) in [5, 5.41) is 8.94. The lowest BCUT2D eigenvalue weighted by atomic mass is 10.2. The van der Waals surface area contributed by atoms with Gasteiger partial charge in [-0.1, -0.05) is 0 Å². The highest BCUT2D eigenvalue weighted by atomic mass is 32.1. The van der Waals surface area contributed by atoms with Crippen molar-refractivity contribution in [2.75, 3.05) is 31.3 Å². The van der Waals surface area contributed by atoms with Gasteiger partial charge in [0.15, 0.2) is 18.1 Å². The van der Waals surface area contributed by atoms with Crippen LogP contribution in [0.15, 0.2) is 24.3 Å². The van der Waals surface area contributed by atoms with E-state index in [2.05, 4.69) is 0 Å². The van der Waals surface area contributed by atoms with Crippen LogP contribution in [-0.4, -0.2) is 38.2 Å². The molecule has 2 aliphatic rings. The number of nitrogens with zero attached hydrogens (tertiary/aromatic N) is 2. The smallest absolute Gasteiger partial charge is 0.348 e. The van der Waals surface area contributed by atoms with Crippen LogP contribution in [0.5, 0.6) is 11.5 Å². The van der Waals surface area contributed by atoms with Crippen molar-refractivity contribution in [2.24, 2.45) is 0 Å². The second-order valence-electron chi connectivity index (χ2n) is 6.77. The van der Waals surface area contributed by atoms with Crippen LogP contribution in [-0.2, 0) is 22.4 Å². The van der Waals surface area contributed by atoms with Crippen LogP contribution < -0.4 is 14.4 Å². The van der Waals surface area contributed by atoms with E-state index in [1.54, 1.807) is 18.2 Å².